The number of rotatable bonds is 5. The molecule has 8 heteroatoms. The van der Waals surface area contributed by atoms with Gasteiger partial charge in [0.05, 0.1) is 7.11 Å². The number of aryl methyl sites for hydroxylation is 1. The van der Waals surface area contributed by atoms with E-state index in [0.29, 0.717) is 0 Å². The Balaban J connectivity index is 1.45. The Bertz CT molecular complexity index is 910. The predicted molar refractivity (Wildman–Crippen MR) is 110 cm³/mol. The van der Waals surface area contributed by atoms with Crippen LogP contribution in [0.1, 0.15) is 5.69 Å². The zero-order valence-corrected chi connectivity index (χ0v) is 16.0. The number of hydrogen-bond donors (Lipinski definition) is 1. The summed E-state index contributed by atoms with van der Waals surface area (Å²) < 4.78 is 5.20. The fourth-order valence-corrected chi connectivity index (χ4v) is 3.14. The summed E-state index contributed by atoms with van der Waals surface area (Å²) in [6.07, 6.45) is 3.55. The molecule has 3 aromatic rings. The Hall–Kier alpha value is -3.42. The Morgan fingerprint density at radius 3 is 2.18 bits per heavy atom. The van der Waals surface area contributed by atoms with E-state index in [1.165, 1.54) is 0 Å². The maximum atomic E-state index is 5.20. The molecule has 144 valence electrons. The van der Waals surface area contributed by atoms with Crippen molar-refractivity contribution in [3.8, 4) is 5.75 Å². The van der Waals surface area contributed by atoms with Crippen LogP contribution in [0.4, 0.5) is 23.4 Å². The number of benzene rings is 1. The van der Waals surface area contributed by atoms with Crippen molar-refractivity contribution in [2.75, 3.05) is 48.4 Å². The first kappa shape index (κ1) is 18.0. The van der Waals surface area contributed by atoms with Crippen LogP contribution in [-0.2, 0) is 0 Å². The highest BCUT2D eigenvalue weighted by Crippen LogP contribution is 2.22. The second-order valence-electron chi connectivity index (χ2n) is 6.57. The van der Waals surface area contributed by atoms with Gasteiger partial charge < -0.3 is 19.9 Å². The molecule has 0 unspecified atom stereocenters. The van der Waals surface area contributed by atoms with Gasteiger partial charge in [-0.05, 0) is 37.3 Å². The molecule has 0 amide bonds. The molecular formula is C20H23N7O. The molecule has 4 rings (SSSR count). The third-order valence-electron chi connectivity index (χ3n) is 4.60. The largest absolute Gasteiger partial charge is 0.497 e. The molecule has 2 aromatic heterocycles. The van der Waals surface area contributed by atoms with Crippen LogP contribution in [0.25, 0.3) is 0 Å². The highest BCUT2D eigenvalue weighted by atomic mass is 16.5. The van der Waals surface area contributed by atoms with Gasteiger partial charge in [-0.2, -0.15) is 4.98 Å². The van der Waals surface area contributed by atoms with Crippen LogP contribution >= 0.6 is 0 Å². The van der Waals surface area contributed by atoms with Crippen molar-refractivity contribution >= 4 is 23.4 Å². The zero-order chi connectivity index (χ0) is 19.3. The van der Waals surface area contributed by atoms with Crippen molar-refractivity contribution in [2.45, 2.75) is 6.92 Å². The molecule has 0 spiro atoms. The SMILES string of the molecule is COc1ccc(Nc2cc(C)nc(N3CCN(c4ncccn4)CC3)n2)cc1. The molecular weight excluding hydrogens is 354 g/mol. The standard InChI is InChI=1S/C20H23N7O/c1-15-14-18(24-16-4-6-17(28-2)7-5-16)25-20(23-15)27-12-10-26(11-13-27)19-21-8-3-9-22-19/h3-9,14H,10-13H2,1-2H3,(H,23,24,25). The average molecular weight is 377 g/mol. The highest BCUT2D eigenvalue weighted by Gasteiger charge is 2.21. The van der Waals surface area contributed by atoms with E-state index in [-0.39, 0.29) is 0 Å². The van der Waals surface area contributed by atoms with Crippen LogP contribution in [0.5, 0.6) is 5.75 Å². The summed E-state index contributed by atoms with van der Waals surface area (Å²) in [5.41, 5.74) is 1.88. The molecule has 0 bridgehead atoms. The van der Waals surface area contributed by atoms with Crippen LogP contribution in [0, 0.1) is 6.92 Å². The minimum atomic E-state index is 0.740. The van der Waals surface area contributed by atoms with Crippen molar-refractivity contribution in [2.24, 2.45) is 0 Å². The number of piperazine rings is 1. The molecule has 1 N–H and O–H groups in total. The number of nitrogens with zero attached hydrogens (tertiary/aromatic N) is 6. The zero-order valence-electron chi connectivity index (χ0n) is 16.0. The predicted octanol–water partition coefficient (Wildman–Crippen LogP) is 2.65. The summed E-state index contributed by atoms with van der Waals surface area (Å²) in [5, 5.41) is 3.35. The molecule has 1 aliphatic rings. The second-order valence-corrected chi connectivity index (χ2v) is 6.57. The molecule has 0 aliphatic carbocycles. The van der Waals surface area contributed by atoms with E-state index in [0.717, 1.165) is 61.0 Å². The summed E-state index contributed by atoms with van der Waals surface area (Å²) >= 11 is 0. The van der Waals surface area contributed by atoms with Gasteiger partial charge in [0.25, 0.3) is 0 Å². The minimum Gasteiger partial charge on any atom is -0.497 e. The molecule has 1 fully saturated rings. The maximum Gasteiger partial charge on any atom is 0.227 e. The molecule has 8 nitrogen and oxygen atoms in total. The van der Waals surface area contributed by atoms with Crippen molar-refractivity contribution in [1.29, 1.82) is 0 Å². The van der Waals surface area contributed by atoms with E-state index in [4.69, 9.17) is 9.72 Å². The molecule has 28 heavy (non-hydrogen) atoms. The Kier molecular flexibility index (Phi) is 5.18. The summed E-state index contributed by atoms with van der Waals surface area (Å²) in [7, 11) is 1.66. The first-order valence-corrected chi connectivity index (χ1v) is 9.25. The van der Waals surface area contributed by atoms with Crippen molar-refractivity contribution in [3.05, 3.63) is 54.5 Å². The lowest BCUT2D eigenvalue weighted by Crippen LogP contribution is -2.47. The first-order chi connectivity index (χ1) is 13.7. The van der Waals surface area contributed by atoms with Crippen LogP contribution in [0.3, 0.4) is 0 Å². The quantitative estimate of drug-likeness (QED) is 0.727. The fraction of sp³-hybridized carbons (Fsp3) is 0.300. The van der Waals surface area contributed by atoms with Crippen LogP contribution in [0.2, 0.25) is 0 Å². The van der Waals surface area contributed by atoms with Gasteiger partial charge in [-0.25, -0.2) is 15.0 Å². The lowest BCUT2D eigenvalue weighted by molar-refractivity contribution is 0.415. The summed E-state index contributed by atoms with van der Waals surface area (Å²) in [6.45, 7) is 5.30. The minimum absolute atomic E-state index is 0.740. The summed E-state index contributed by atoms with van der Waals surface area (Å²) in [5.74, 6) is 3.12. The van der Waals surface area contributed by atoms with E-state index in [2.05, 4.69) is 30.1 Å². The third-order valence-corrected chi connectivity index (χ3v) is 4.60. The van der Waals surface area contributed by atoms with Crippen molar-refractivity contribution in [1.82, 2.24) is 19.9 Å². The molecule has 0 radical (unpaired) electrons. The topological polar surface area (TPSA) is 79.3 Å². The number of hydrogen-bond acceptors (Lipinski definition) is 8. The van der Waals surface area contributed by atoms with Gasteiger partial charge in [-0.1, -0.05) is 0 Å². The van der Waals surface area contributed by atoms with Crippen LogP contribution in [-0.4, -0.2) is 53.2 Å². The molecule has 3 heterocycles. The van der Waals surface area contributed by atoms with E-state index < -0.39 is 0 Å². The van der Waals surface area contributed by atoms with E-state index in [9.17, 15) is 0 Å². The van der Waals surface area contributed by atoms with Crippen LogP contribution in [0.15, 0.2) is 48.8 Å². The van der Waals surface area contributed by atoms with E-state index >= 15 is 0 Å². The number of ether oxygens (including phenoxy) is 1. The van der Waals surface area contributed by atoms with Gasteiger partial charge in [0.15, 0.2) is 0 Å². The second kappa shape index (κ2) is 8.08. The first-order valence-electron chi connectivity index (χ1n) is 9.25. The Morgan fingerprint density at radius 2 is 1.54 bits per heavy atom. The number of methoxy groups -OCH3 is 1. The number of nitrogens with one attached hydrogen (secondary N) is 1. The number of anilines is 4. The highest BCUT2D eigenvalue weighted by molar-refractivity contribution is 5.58. The molecule has 0 saturated carbocycles. The fourth-order valence-electron chi connectivity index (χ4n) is 3.14. The summed E-state index contributed by atoms with van der Waals surface area (Å²) in [6, 6.07) is 11.5. The van der Waals surface area contributed by atoms with Gasteiger partial charge in [-0.15, -0.1) is 0 Å². The average Bonchev–Trinajstić information content (AvgIpc) is 2.75. The van der Waals surface area contributed by atoms with Crippen molar-refractivity contribution in [3.63, 3.8) is 0 Å². The Labute approximate surface area is 164 Å². The number of aromatic nitrogens is 4. The van der Waals surface area contributed by atoms with Gasteiger partial charge in [0.1, 0.15) is 11.6 Å². The van der Waals surface area contributed by atoms with Gasteiger partial charge in [-0.3, -0.25) is 0 Å². The molecule has 0 atom stereocenters. The lowest BCUT2D eigenvalue weighted by Gasteiger charge is -2.34. The normalized spacial score (nSPS) is 14.1. The molecule has 1 aliphatic heterocycles. The van der Waals surface area contributed by atoms with Gasteiger partial charge >= 0.3 is 0 Å². The monoisotopic (exact) mass is 377 g/mol. The lowest BCUT2D eigenvalue weighted by atomic mass is 10.3. The van der Waals surface area contributed by atoms with Gasteiger partial charge in [0.2, 0.25) is 11.9 Å². The van der Waals surface area contributed by atoms with E-state index in [1.807, 2.05) is 43.3 Å². The smallest absolute Gasteiger partial charge is 0.227 e. The third kappa shape index (κ3) is 4.11. The van der Waals surface area contributed by atoms with Crippen LogP contribution < -0.4 is 19.9 Å². The Morgan fingerprint density at radius 1 is 0.893 bits per heavy atom. The summed E-state index contributed by atoms with van der Waals surface area (Å²) in [4.78, 5) is 22.4. The molecule has 1 saturated heterocycles. The van der Waals surface area contributed by atoms with E-state index in [1.54, 1.807) is 19.5 Å². The molecule has 1 aromatic carbocycles. The van der Waals surface area contributed by atoms with Crippen molar-refractivity contribution < 1.29 is 4.74 Å². The maximum absolute atomic E-state index is 5.20. The van der Waals surface area contributed by atoms with Gasteiger partial charge in [0, 0.05) is 56.0 Å².